The van der Waals surface area contributed by atoms with Crippen LogP contribution in [0.3, 0.4) is 0 Å². The number of anilines is 1. The lowest BCUT2D eigenvalue weighted by atomic mass is 9.96. The summed E-state index contributed by atoms with van der Waals surface area (Å²) in [6.45, 7) is 3.61. The number of carbonyl (C=O) groups excluding carboxylic acids is 2. The SMILES string of the molecule is CNc1cccc(-c2nncn2C(C)CO)n1.COCCC(=O)N1CCc2cc(OC)c(C=O)cc2C1. The average molecular weight is 511 g/mol. The molecule has 11 heteroatoms. The number of carbonyl (C=O) groups is 2. The van der Waals surface area contributed by atoms with Gasteiger partial charge in [-0.1, -0.05) is 6.07 Å². The van der Waals surface area contributed by atoms with E-state index in [0.717, 1.165) is 35.3 Å². The van der Waals surface area contributed by atoms with Gasteiger partial charge in [0.25, 0.3) is 0 Å². The molecule has 4 rings (SSSR count). The summed E-state index contributed by atoms with van der Waals surface area (Å²) in [6.07, 6.45) is 3.56. The maximum atomic E-state index is 12.0. The third kappa shape index (κ3) is 6.89. The number of aliphatic hydroxyl groups excluding tert-OH is 1. The molecule has 0 saturated heterocycles. The third-order valence-corrected chi connectivity index (χ3v) is 6.11. The molecule has 3 heterocycles. The minimum absolute atomic E-state index is 0.0385. The molecule has 1 aliphatic heterocycles. The predicted molar refractivity (Wildman–Crippen MR) is 139 cm³/mol. The lowest BCUT2D eigenvalue weighted by Gasteiger charge is -2.29. The smallest absolute Gasteiger partial charge is 0.225 e. The number of pyridine rings is 1. The van der Waals surface area contributed by atoms with Crippen molar-refractivity contribution in [2.24, 2.45) is 0 Å². The lowest BCUT2D eigenvalue weighted by Crippen LogP contribution is -2.36. The van der Waals surface area contributed by atoms with E-state index < -0.39 is 0 Å². The summed E-state index contributed by atoms with van der Waals surface area (Å²) in [7, 11) is 4.95. The molecule has 37 heavy (non-hydrogen) atoms. The molecule has 0 fully saturated rings. The average Bonchev–Trinajstić information content (AvgIpc) is 3.45. The Morgan fingerprint density at radius 2 is 2.08 bits per heavy atom. The van der Waals surface area contributed by atoms with Crippen molar-refractivity contribution < 1.29 is 24.2 Å². The lowest BCUT2D eigenvalue weighted by molar-refractivity contribution is -0.133. The van der Waals surface area contributed by atoms with Gasteiger partial charge in [0, 0.05) is 27.2 Å². The Morgan fingerprint density at radius 1 is 1.27 bits per heavy atom. The summed E-state index contributed by atoms with van der Waals surface area (Å²) in [5, 5.41) is 20.1. The minimum atomic E-state index is -0.0694. The maximum Gasteiger partial charge on any atom is 0.225 e. The van der Waals surface area contributed by atoms with Gasteiger partial charge < -0.3 is 29.4 Å². The first-order valence-electron chi connectivity index (χ1n) is 12.0. The highest BCUT2D eigenvalue weighted by Gasteiger charge is 2.22. The molecular formula is C26H34N6O5. The summed E-state index contributed by atoms with van der Waals surface area (Å²) in [4.78, 5) is 29.3. The van der Waals surface area contributed by atoms with Crippen molar-refractivity contribution in [1.82, 2.24) is 24.6 Å². The van der Waals surface area contributed by atoms with Gasteiger partial charge in [-0.25, -0.2) is 4.98 Å². The Balaban J connectivity index is 0.000000208. The van der Waals surface area contributed by atoms with Crippen molar-refractivity contribution in [3.05, 3.63) is 53.3 Å². The van der Waals surface area contributed by atoms with Gasteiger partial charge in [-0.05, 0) is 48.7 Å². The first-order chi connectivity index (χ1) is 17.9. The first-order valence-corrected chi connectivity index (χ1v) is 12.0. The van der Waals surface area contributed by atoms with Crippen LogP contribution >= 0.6 is 0 Å². The van der Waals surface area contributed by atoms with E-state index in [-0.39, 0.29) is 18.6 Å². The summed E-state index contributed by atoms with van der Waals surface area (Å²) < 4.78 is 11.9. The van der Waals surface area contributed by atoms with Gasteiger partial charge in [-0.2, -0.15) is 0 Å². The van der Waals surface area contributed by atoms with Gasteiger partial charge in [-0.15, -0.1) is 10.2 Å². The van der Waals surface area contributed by atoms with Crippen LogP contribution in [0.25, 0.3) is 11.5 Å². The molecule has 1 aliphatic rings. The van der Waals surface area contributed by atoms with Crippen LogP contribution in [0.5, 0.6) is 5.75 Å². The Labute approximate surface area is 216 Å². The molecule has 2 aromatic heterocycles. The number of methoxy groups -OCH3 is 2. The topological polar surface area (TPSA) is 132 Å². The van der Waals surface area contributed by atoms with E-state index in [0.29, 0.717) is 43.3 Å². The van der Waals surface area contributed by atoms with Crippen LogP contribution in [0.2, 0.25) is 0 Å². The number of fused-ring (bicyclic) bond motifs is 1. The van der Waals surface area contributed by atoms with Gasteiger partial charge in [-0.3, -0.25) is 9.59 Å². The number of aromatic nitrogens is 4. The minimum Gasteiger partial charge on any atom is -0.496 e. The highest BCUT2D eigenvalue weighted by atomic mass is 16.5. The van der Waals surface area contributed by atoms with E-state index in [1.165, 1.54) is 0 Å². The molecule has 2 N–H and O–H groups in total. The molecule has 0 aliphatic carbocycles. The molecule has 0 radical (unpaired) electrons. The maximum absolute atomic E-state index is 12.0. The van der Waals surface area contributed by atoms with Crippen LogP contribution < -0.4 is 10.1 Å². The number of aliphatic hydroxyl groups is 1. The monoisotopic (exact) mass is 510 g/mol. The van der Waals surface area contributed by atoms with Crippen LogP contribution in [0, 0.1) is 0 Å². The van der Waals surface area contributed by atoms with E-state index in [9.17, 15) is 9.59 Å². The van der Waals surface area contributed by atoms with Crippen LogP contribution in [0.15, 0.2) is 36.7 Å². The van der Waals surface area contributed by atoms with Crippen molar-refractivity contribution in [2.75, 3.05) is 46.3 Å². The molecule has 1 aromatic carbocycles. The van der Waals surface area contributed by atoms with E-state index in [1.54, 1.807) is 20.5 Å². The number of rotatable bonds is 9. The Hall–Kier alpha value is -3.83. The summed E-state index contributed by atoms with van der Waals surface area (Å²) in [5.74, 6) is 2.11. The number of hydrogen-bond donors (Lipinski definition) is 2. The highest BCUT2D eigenvalue weighted by molar-refractivity contribution is 5.81. The molecule has 198 valence electrons. The number of benzene rings is 1. The second-order valence-electron chi connectivity index (χ2n) is 8.54. The fourth-order valence-electron chi connectivity index (χ4n) is 3.97. The molecule has 0 spiro atoms. The number of nitrogens with one attached hydrogen (secondary N) is 1. The number of aldehydes is 1. The van der Waals surface area contributed by atoms with E-state index in [2.05, 4.69) is 20.5 Å². The summed E-state index contributed by atoms with van der Waals surface area (Å²) >= 11 is 0. The largest absolute Gasteiger partial charge is 0.496 e. The van der Waals surface area contributed by atoms with E-state index in [1.807, 2.05) is 53.8 Å². The van der Waals surface area contributed by atoms with E-state index >= 15 is 0 Å². The molecule has 1 atom stereocenters. The van der Waals surface area contributed by atoms with Crippen molar-refractivity contribution in [1.29, 1.82) is 0 Å². The second kappa shape index (κ2) is 13.5. The molecule has 1 unspecified atom stereocenters. The molecule has 0 saturated carbocycles. The molecular weight excluding hydrogens is 476 g/mol. The summed E-state index contributed by atoms with van der Waals surface area (Å²) in [5.41, 5.74) is 3.42. The van der Waals surface area contributed by atoms with Gasteiger partial charge >= 0.3 is 0 Å². The first kappa shape index (κ1) is 27.8. The third-order valence-electron chi connectivity index (χ3n) is 6.11. The molecule has 1 amide bonds. The zero-order valence-corrected chi connectivity index (χ0v) is 21.7. The van der Waals surface area contributed by atoms with Crippen LogP contribution in [0.1, 0.15) is 40.9 Å². The van der Waals surface area contributed by atoms with Gasteiger partial charge in [0.15, 0.2) is 12.1 Å². The van der Waals surface area contributed by atoms with Crippen molar-refractivity contribution >= 4 is 18.0 Å². The number of ether oxygens (including phenoxy) is 2. The number of hydrogen-bond acceptors (Lipinski definition) is 9. The van der Waals surface area contributed by atoms with Crippen LogP contribution in [-0.4, -0.2) is 83.0 Å². The van der Waals surface area contributed by atoms with Gasteiger partial charge in [0.2, 0.25) is 5.91 Å². The number of amides is 1. The Morgan fingerprint density at radius 3 is 2.76 bits per heavy atom. The van der Waals surface area contributed by atoms with E-state index in [4.69, 9.17) is 14.6 Å². The molecule has 0 bridgehead atoms. The quantitative estimate of drug-likeness (QED) is 0.416. The molecule has 3 aromatic rings. The standard InChI is InChI=1S/C15H19NO4.C11H15N5O/c1-19-6-4-15(18)16-5-3-11-8-14(20-2)13(10-17)7-12(11)9-16;1-8(6-17)16-7-13-15-11(16)9-4-3-5-10(12-2)14-9/h7-8,10H,3-6,9H2,1-2H3;3-5,7-8,17H,6H2,1-2H3,(H,12,14). The fraction of sp³-hybridized carbons (Fsp3) is 0.423. The Kier molecular flexibility index (Phi) is 10.1. The predicted octanol–water partition coefficient (Wildman–Crippen LogP) is 2.36. The van der Waals surface area contributed by atoms with Gasteiger partial charge in [0.05, 0.1) is 38.3 Å². The molecule has 11 nitrogen and oxygen atoms in total. The van der Waals surface area contributed by atoms with Crippen molar-refractivity contribution in [3.63, 3.8) is 0 Å². The summed E-state index contributed by atoms with van der Waals surface area (Å²) in [6, 6.07) is 9.29. The van der Waals surface area contributed by atoms with Crippen molar-refractivity contribution in [2.45, 2.75) is 32.4 Å². The zero-order valence-electron chi connectivity index (χ0n) is 21.7. The normalized spacial score (nSPS) is 13.2. The second-order valence-corrected chi connectivity index (χ2v) is 8.54. The van der Waals surface area contributed by atoms with Crippen LogP contribution in [0.4, 0.5) is 5.82 Å². The van der Waals surface area contributed by atoms with Crippen LogP contribution in [-0.2, 0) is 22.5 Å². The number of nitrogens with zero attached hydrogens (tertiary/aromatic N) is 5. The zero-order chi connectivity index (χ0) is 26.8. The fourth-order valence-corrected chi connectivity index (χ4v) is 3.97. The van der Waals surface area contributed by atoms with Crippen molar-refractivity contribution in [3.8, 4) is 17.3 Å². The highest BCUT2D eigenvalue weighted by Crippen LogP contribution is 2.27. The Bertz CT molecular complexity index is 1200. The van der Waals surface area contributed by atoms with Gasteiger partial charge in [0.1, 0.15) is 23.6 Å².